The van der Waals surface area contributed by atoms with Gasteiger partial charge in [0, 0.05) is 28.6 Å². The Morgan fingerprint density at radius 3 is 2.80 bits per heavy atom. The molecule has 0 spiro atoms. The van der Waals surface area contributed by atoms with Crippen molar-refractivity contribution in [2.75, 3.05) is 6.54 Å². The molecule has 108 valence electrons. The van der Waals surface area contributed by atoms with Crippen molar-refractivity contribution in [1.29, 1.82) is 0 Å². The number of alkyl halides is 1. The molecule has 1 aromatic carbocycles. The quantitative estimate of drug-likeness (QED) is 0.519. The maximum absolute atomic E-state index is 12.0. The van der Waals surface area contributed by atoms with E-state index in [9.17, 15) is 14.9 Å². The monoisotopic (exact) mass is 340 g/mol. The zero-order valence-electron chi connectivity index (χ0n) is 11.3. The standard InChI is InChI=1S/C14H17BrN2O3/c1-9-6-11(3-5-13(9)17(19)20)14(18)16-8-10-2-4-12(15)7-10/h3,5-6,10,12H,2,4,7-8H2,1H3,(H,16,18). The number of nitro benzene ring substituents is 1. The van der Waals surface area contributed by atoms with E-state index in [0.29, 0.717) is 28.4 Å². The maximum atomic E-state index is 12.0. The number of hydrogen-bond acceptors (Lipinski definition) is 3. The summed E-state index contributed by atoms with van der Waals surface area (Å²) in [5.41, 5.74) is 1.02. The topological polar surface area (TPSA) is 72.2 Å². The van der Waals surface area contributed by atoms with Gasteiger partial charge in [-0.25, -0.2) is 0 Å². The molecule has 0 aliphatic heterocycles. The molecule has 0 aromatic heterocycles. The number of aryl methyl sites for hydroxylation is 1. The number of hydrogen-bond donors (Lipinski definition) is 1. The summed E-state index contributed by atoms with van der Waals surface area (Å²) >= 11 is 3.59. The molecule has 1 fully saturated rings. The number of rotatable bonds is 4. The van der Waals surface area contributed by atoms with Crippen molar-refractivity contribution in [3.63, 3.8) is 0 Å². The molecule has 2 rings (SSSR count). The molecule has 2 atom stereocenters. The van der Waals surface area contributed by atoms with Crippen molar-refractivity contribution in [1.82, 2.24) is 5.32 Å². The van der Waals surface area contributed by atoms with Crippen molar-refractivity contribution < 1.29 is 9.72 Å². The van der Waals surface area contributed by atoms with Crippen LogP contribution in [0.25, 0.3) is 0 Å². The summed E-state index contributed by atoms with van der Waals surface area (Å²) in [6.45, 7) is 2.30. The highest BCUT2D eigenvalue weighted by molar-refractivity contribution is 9.09. The normalized spacial score (nSPS) is 21.7. The van der Waals surface area contributed by atoms with Crippen LogP contribution >= 0.6 is 15.9 Å². The van der Waals surface area contributed by atoms with Crippen molar-refractivity contribution in [3.8, 4) is 0 Å². The summed E-state index contributed by atoms with van der Waals surface area (Å²) in [6.07, 6.45) is 3.35. The van der Waals surface area contributed by atoms with E-state index in [1.807, 2.05) is 0 Å². The van der Waals surface area contributed by atoms with Crippen LogP contribution < -0.4 is 5.32 Å². The molecule has 1 aliphatic rings. The van der Waals surface area contributed by atoms with Crippen LogP contribution in [0.1, 0.15) is 35.2 Å². The van der Waals surface area contributed by atoms with E-state index in [0.717, 1.165) is 19.3 Å². The first-order chi connectivity index (χ1) is 9.47. The summed E-state index contributed by atoms with van der Waals surface area (Å²) in [4.78, 5) is 22.9. The molecule has 1 N–H and O–H groups in total. The highest BCUT2D eigenvalue weighted by atomic mass is 79.9. The first-order valence-electron chi connectivity index (χ1n) is 6.64. The van der Waals surface area contributed by atoms with Crippen LogP contribution in [0.3, 0.4) is 0 Å². The second kappa shape index (κ2) is 6.35. The van der Waals surface area contributed by atoms with Gasteiger partial charge in [-0.2, -0.15) is 0 Å². The Kier molecular flexibility index (Phi) is 4.75. The van der Waals surface area contributed by atoms with Crippen LogP contribution in [0.5, 0.6) is 0 Å². The van der Waals surface area contributed by atoms with E-state index in [1.54, 1.807) is 13.0 Å². The van der Waals surface area contributed by atoms with Gasteiger partial charge < -0.3 is 5.32 Å². The van der Waals surface area contributed by atoms with E-state index >= 15 is 0 Å². The lowest BCUT2D eigenvalue weighted by atomic mass is 10.1. The third kappa shape index (κ3) is 3.56. The van der Waals surface area contributed by atoms with Gasteiger partial charge in [-0.1, -0.05) is 15.9 Å². The average molecular weight is 341 g/mol. The summed E-state index contributed by atoms with van der Waals surface area (Å²) < 4.78 is 0. The number of halogens is 1. The van der Waals surface area contributed by atoms with Crippen LogP contribution in [-0.4, -0.2) is 22.2 Å². The SMILES string of the molecule is Cc1cc(C(=O)NCC2CCC(Br)C2)ccc1[N+](=O)[O-]. The molecule has 0 bridgehead atoms. The predicted octanol–water partition coefficient (Wildman–Crippen LogP) is 3.20. The Morgan fingerprint density at radius 2 is 2.25 bits per heavy atom. The Labute approximate surface area is 126 Å². The Hall–Kier alpha value is -1.43. The fourth-order valence-corrected chi connectivity index (χ4v) is 3.33. The molecule has 1 amide bonds. The number of benzene rings is 1. The first kappa shape index (κ1) is 15.0. The lowest BCUT2D eigenvalue weighted by Gasteiger charge is -2.11. The lowest BCUT2D eigenvalue weighted by Crippen LogP contribution is -2.28. The zero-order valence-corrected chi connectivity index (χ0v) is 12.9. The Morgan fingerprint density at radius 1 is 1.50 bits per heavy atom. The lowest BCUT2D eigenvalue weighted by molar-refractivity contribution is -0.385. The van der Waals surface area contributed by atoms with E-state index in [4.69, 9.17) is 0 Å². The largest absolute Gasteiger partial charge is 0.352 e. The van der Waals surface area contributed by atoms with Crippen LogP contribution in [0.4, 0.5) is 5.69 Å². The minimum atomic E-state index is -0.439. The first-order valence-corrected chi connectivity index (χ1v) is 7.56. The summed E-state index contributed by atoms with van der Waals surface area (Å²) in [7, 11) is 0. The predicted molar refractivity (Wildman–Crippen MR) is 80.2 cm³/mol. The highest BCUT2D eigenvalue weighted by Gasteiger charge is 2.23. The van der Waals surface area contributed by atoms with E-state index in [2.05, 4.69) is 21.2 Å². The van der Waals surface area contributed by atoms with Gasteiger partial charge in [-0.15, -0.1) is 0 Å². The van der Waals surface area contributed by atoms with Crippen LogP contribution in [0, 0.1) is 23.0 Å². The second-order valence-electron chi connectivity index (χ2n) is 5.24. The molecule has 20 heavy (non-hydrogen) atoms. The van der Waals surface area contributed by atoms with Gasteiger partial charge in [0.15, 0.2) is 0 Å². The van der Waals surface area contributed by atoms with Crippen molar-refractivity contribution in [2.24, 2.45) is 5.92 Å². The number of nitro groups is 1. The number of amides is 1. The minimum Gasteiger partial charge on any atom is -0.352 e. The molecule has 0 radical (unpaired) electrons. The van der Waals surface area contributed by atoms with Crippen LogP contribution in [0.2, 0.25) is 0 Å². The number of carbonyl (C=O) groups is 1. The van der Waals surface area contributed by atoms with Crippen molar-refractivity contribution >= 4 is 27.5 Å². The molecule has 2 unspecified atom stereocenters. The Balaban J connectivity index is 1.95. The average Bonchev–Trinajstić information content (AvgIpc) is 2.81. The van der Waals surface area contributed by atoms with Gasteiger partial charge in [0.25, 0.3) is 11.6 Å². The number of nitrogens with zero attached hydrogens (tertiary/aromatic N) is 1. The summed E-state index contributed by atoms with van der Waals surface area (Å²) in [5.74, 6) is 0.350. The highest BCUT2D eigenvalue weighted by Crippen LogP contribution is 2.30. The van der Waals surface area contributed by atoms with Gasteiger partial charge >= 0.3 is 0 Å². The zero-order chi connectivity index (χ0) is 14.7. The third-order valence-electron chi connectivity index (χ3n) is 3.68. The van der Waals surface area contributed by atoms with Gasteiger partial charge in [-0.3, -0.25) is 14.9 Å². The van der Waals surface area contributed by atoms with Crippen LogP contribution in [-0.2, 0) is 0 Å². The molecule has 6 heteroatoms. The molecule has 0 heterocycles. The summed E-state index contributed by atoms with van der Waals surface area (Å²) in [5, 5.41) is 13.6. The van der Waals surface area contributed by atoms with Gasteiger partial charge in [0.05, 0.1) is 4.92 Å². The molecule has 1 aromatic rings. The van der Waals surface area contributed by atoms with Crippen molar-refractivity contribution in [2.45, 2.75) is 31.0 Å². The van der Waals surface area contributed by atoms with Crippen molar-refractivity contribution in [3.05, 3.63) is 39.4 Å². The van der Waals surface area contributed by atoms with Gasteiger partial charge in [-0.05, 0) is 44.2 Å². The molecule has 5 nitrogen and oxygen atoms in total. The van der Waals surface area contributed by atoms with Gasteiger partial charge in [0.1, 0.15) is 0 Å². The van der Waals surface area contributed by atoms with Gasteiger partial charge in [0.2, 0.25) is 0 Å². The molecular weight excluding hydrogens is 324 g/mol. The number of nitrogens with one attached hydrogen (secondary N) is 1. The number of carbonyl (C=O) groups excluding carboxylic acids is 1. The molecular formula is C14H17BrN2O3. The maximum Gasteiger partial charge on any atom is 0.272 e. The van der Waals surface area contributed by atoms with E-state index in [-0.39, 0.29) is 11.6 Å². The Bertz CT molecular complexity index is 533. The van der Waals surface area contributed by atoms with Crippen LogP contribution in [0.15, 0.2) is 18.2 Å². The smallest absolute Gasteiger partial charge is 0.272 e. The third-order valence-corrected chi connectivity index (χ3v) is 4.52. The molecule has 1 saturated carbocycles. The fraction of sp³-hybridized carbons (Fsp3) is 0.500. The second-order valence-corrected chi connectivity index (χ2v) is 6.54. The summed E-state index contributed by atoms with van der Waals surface area (Å²) in [6, 6.07) is 4.45. The van der Waals surface area contributed by atoms with E-state index in [1.165, 1.54) is 12.1 Å². The minimum absolute atomic E-state index is 0.0412. The molecule has 1 aliphatic carbocycles. The van der Waals surface area contributed by atoms with E-state index < -0.39 is 4.92 Å². The molecule has 0 saturated heterocycles. The fourth-order valence-electron chi connectivity index (χ4n) is 2.54.